The molecule has 29 heavy (non-hydrogen) atoms. The number of aryl methyl sites for hydroxylation is 1. The first-order valence-corrected chi connectivity index (χ1v) is 9.34. The molecule has 3 heterocycles. The normalized spacial score (nSPS) is 12.2. The number of nitrogens with zero attached hydrogens (tertiary/aromatic N) is 4. The van der Waals surface area contributed by atoms with Crippen LogP contribution >= 0.6 is 0 Å². The van der Waals surface area contributed by atoms with Gasteiger partial charge in [-0.2, -0.15) is 9.78 Å². The van der Waals surface area contributed by atoms with Gasteiger partial charge in [0.05, 0.1) is 17.4 Å². The molecule has 8 heteroatoms. The topological polar surface area (TPSA) is 88.2 Å². The second-order valence-electron chi connectivity index (χ2n) is 8.88. The summed E-state index contributed by atoms with van der Waals surface area (Å²) in [4.78, 5) is 29.6. The maximum Gasteiger partial charge on any atom is 0.435 e. The Balaban J connectivity index is 2.09. The summed E-state index contributed by atoms with van der Waals surface area (Å²) in [5.41, 5.74) is 1.28. The van der Waals surface area contributed by atoms with Gasteiger partial charge in [-0.1, -0.05) is 0 Å². The molecule has 0 saturated carbocycles. The first-order chi connectivity index (χ1) is 13.3. The Kier molecular flexibility index (Phi) is 4.98. The Morgan fingerprint density at radius 1 is 0.931 bits per heavy atom. The first kappa shape index (κ1) is 20.6. The second kappa shape index (κ2) is 7.02. The highest BCUT2D eigenvalue weighted by molar-refractivity contribution is 5.96. The Morgan fingerprint density at radius 2 is 1.55 bits per heavy atom. The summed E-state index contributed by atoms with van der Waals surface area (Å²) in [5, 5.41) is 4.88. The van der Waals surface area contributed by atoms with Gasteiger partial charge in [-0.15, -0.1) is 0 Å². The molecule has 0 saturated heterocycles. The third-order valence-electron chi connectivity index (χ3n) is 3.86. The van der Waals surface area contributed by atoms with E-state index < -0.39 is 23.4 Å². The first-order valence-electron chi connectivity index (χ1n) is 9.34. The van der Waals surface area contributed by atoms with Gasteiger partial charge in [0.15, 0.2) is 0 Å². The highest BCUT2D eigenvalue weighted by atomic mass is 16.6. The van der Waals surface area contributed by atoms with E-state index >= 15 is 0 Å². The number of carbonyl (C=O) groups is 2. The third-order valence-corrected chi connectivity index (χ3v) is 3.86. The van der Waals surface area contributed by atoms with Crippen molar-refractivity contribution in [1.82, 2.24) is 19.3 Å². The maximum atomic E-state index is 13.0. The van der Waals surface area contributed by atoms with Gasteiger partial charge in [0.1, 0.15) is 11.2 Å². The van der Waals surface area contributed by atoms with Crippen molar-refractivity contribution in [1.29, 1.82) is 0 Å². The van der Waals surface area contributed by atoms with E-state index in [0.717, 1.165) is 15.8 Å². The minimum absolute atomic E-state index is 0.516. The van der Waals surface area contributed by atoms with E-state index in [1.165, 1.54) is 17.0 Å². The van der Waals surface area contributed by atoms with Crippen LogP contribution in [0.5, 0.6) is 0 Å². The molecule has 0 aromatic carbocycles. The van der Waals surface area contributed by atoms with Crippen molar-refractivity contribution in [3.8, 4) is 11.3 Å². The lowest BCUT2D eigenvalue weighted by atomic mass is 10.2. The molecule has 0 amide bonds. The van der Waals surface area contributed by atoms with Crippen LogP contribution in [0.2, 0.25) is 0 Å². The van der Waals surface area contributed by atoms with E-state index in [1.54, 1.807) is 27.0 Å². The van der Waals surface area contributed by atoms with Gasteiger partial charge in [0, 0.05) is 29.0 Å². The minimum atomic E-state index is -0.659. The maximum absolute atomic E-state index is 13.0. The molecule has 3 aromatic rings. The second-order valence-corrected chi connectivity index (χ2v) is 8.88. The number of hydrogen-bond acceptors (Lipinski definition) is 6. The van der Waals surface area contributed by atoms with Gasteiger partial charge < -0.3 is 9.47 Å². The standard InChI is InChI=1S/C21H26N4O4/c1-13-8-16-14(10-22-13)9-17(25(16)19(27)29-21(5,6)7)15-11-23-24(12-15)18(26)28-20(2,3)4/h8-12H,1-7H3. The summed E-state index contributed by atoms with van der Waals surface area (Å²) in [6.45, 7) is 12.6. The van der Waals surface area contributed by atoms with Crippen molar-refractivity contribution in [3.63, 3.8) is 0 Å². The number of pyridine rings is 1. The van der Waals surface area contributed by atoms with Crippen LogP contribution in [0, 0.1) is 6.92 Å². The van der Waals surface area contributed by atoms with Gasteiger partial charge in [-0.25, -0.2) is 14.2 Å². The number of aromatic nitrogens is 4. The van der Waals surface area contributed by atoms with Crippen molar-refractivity contribution in [2.24, 2.45) is 0 Å². The van der Waals surface area contributed by atoms with Crippen molar-refractivity contribution < 1.29 is 19.1 Å². The molecule has 0 bridgehead atoms. The molecule has 0 unspecified atom stereocenters. The Labute approximate surface area is 169 Å². The molecule has 8 nitrogen and oxygen atoms in total. The highest BCUT2D eigenvalue weighted by Crippen LogP contribution is 2.29. The number of ether oxygens (including phenoxy) is 2. The van der Waals surface area contributed by atoms with E-state index in [9.17, 15) is 9.59 Å². The lowest BCUT2D eigenvalue weighted by Crippen LogP contribution is -2.27. The number of rotatable bonds is 1. The summed E-state index contributed by atoms with van der Waals surface area (Å²) in [6.07, 6.45) is 3.63. The molecule has 0 N–H and O–H groups in total. The van der Waals surface area contributed by atoms with Crippen molar-refractivity contribution in [2.75, 3.05) is 0 Å². The van der Waals surface area contributed by atoms with Crippen molar-refractivity contribution in [3.05, 3.63) is 36.4 Å². The van der Waals surface area contributed by atoms with Crippen molar-refractivity contribution >= 4 is 23.1 Å². The lowest BCUT2D eigenvalue weighted by molar-refractivity contribution is 0.0512. The zero-order valence-corrected chi connectivity index (χ0v) is 17.8. The van der Waals surface area contributed by atoms with E-state index in [0.29, 0.717) is 16.8 Å². The fraction of sp³-hybridized carbons (Fsp3) is 0.429. The van der Waals surface area contributed by atoms with Crippen LogP contribution in [-0.2, 0) is 9.47 Å². The fourth-order valence-corrected chi connectivity index (χ4v) is 2.78. The quantitative estimate of drug-likeness (QED) is 0.586. The Hall–Kier alpha value is -3.16. The smallest absolute Gasteiger partial charge is 0.435 e. The molecular formula is C21H26N4O4. The molecule has 3 aromatic heterocycles. The highest BCUT2D eigenvalue weighted by Gasteiger charge is 2.25. The molecule has 3 rings (SSSR count). The monoisotopic (exact) mass is 398 g/mol. The predicted octanol–water partition coefficient (Wildman–Crippen LogP) is 4.77. The van der Waals surface area contributed by atoms with Crippen LogP contribution in [0.4, 0.5) is 9.59 Å². The summed E-state index contributed by atoms with van der Waals surface area (Å²) < 4.78 is 13.5. The van der Waals surface area contributed by atoms with E-state index in [-0.39, 0.29) is 0 Å². The molecule has 0 aliphatic rings. The number of hydrogen-bond donors (Lipinski definition) is 0. The van der Waals surface area contributed by atoms with E-state index in [2.05, 4.69) is 10.1 Å². The van der Waals surface area contributed by atoms with Crippen LogP contribution in [0.3, 0.4) is 0 Å². The average Bonchev–Trinajstić information content (AvgIpc) is 3.15. The number of fused-ring (bicyclic) bond motifs is 1. The van der Waals surface area contributed by atoms with Gasteiger partial charge in [-0.05, 0) is 60.6 Å². The van der Waals surface area contributed by atoms with E-state index in [4.69, 9.17) is 9.47 Å². The van der Waals surface area contributed by atoms with Crippen molar-refractivity contribution in [2.45, 2.75) is 59.7 Å². The Bertz CT molecular complexity index is 1080. The van der Waals surface area contributed by atoms with Gasteiger partial charge in [0.25, 0.3) is 0 Å². The SMILES string of the molecule is Cc1cc2c(cn1)cc(-c1cnn(C(=O)OC(C)(C)C)c1)n2C(=O)OC(C)(C)C. The minimum Gasteiger partial charge on any atom is -0.443 e. The lowest BCUT2D eigenvalue weighted by Gasteiger charge is -2.20. The number of carbonyl (C=O) groups excluding carboxylic acids is 2. The summed E-state index contributed by atoms with van der Waals surface area (Å²) in [5.74, 6) is 0. The summed E-state index contributed by atoms with van der Waals surface area (Å²) >= 11 is 0. The molecule has 0 aliphatic carbocycles. The predicted molar refractivity (Wildman–Crippen MR) is 109 cm³/mol. The van der Waals surface area contributed by atoms with Crippen LogP contribution < -0.4 is 0 Å². The fourth-order valence-electron chi connectivity index (χ4n) is 2.78. The average molecular weight is 398 g/mol. The molecule has 0 spiro atoms. The van der Waals surface area contributed by atoms with Gasteiger partial charge in [-0.3, -0.25) is 4.98 Å². The van der Waals surface area contributed by atoms with Crippen LogP contribution in [0.25, 0.3) is 22.2 Å². The summed E-state index contributed by atoms with van der Waals surface area (Å²) in [7, 11) is 0. The molecule has 0 fully saturated rings. The zero-order valence-electron chi connectivity index (χ0n) is 17.8. The van der Waals surface area contributed by atoms with E-state index in [1.807, 2.05) is 39.8 Å². The zero-order chi connectivity index (χ0) is 21.6. The van der Waals surface area contributed by atoms with Gasteiger partial charge >= 0.3 is 12.2 Å². The third kappa shape index (κ3) is 4.64. The molecule has 154 valence electrons. The van der Waals surface area contributed by atoms with Crippen LogP contribution in [0.15, 0.2) is 30.7 Å². The Morgan fingerprint density at radius 3 is 2.17 bits per heavy atom. The molecule has 0 aliphatic heterocycles. The summed E-state index contributed by atoms with van der Waals surface area (Å²) in [6, 6.07) is 3.64. The molecule has 0 radical (unpaired) electrons. The molecular weight excluding hydrogens is 372 g/mol. The molecule has 0 atom stereocenters. The largest absolute Gasteiger partial charge is 0.443 e. The van der Waals surface area contributed by atoms with Crippen LogP contribution in [0.1, 0.15) is 47.2 Å². The van der Waals surface area contributed by atoms with Gasteiger partial charge in [0.2, 0.25) is 0 Å². The van der Waals surface area contributed by atoms with Crippen LogP contribution in [-0.4, -0.2) is 42.7 Å².